The smallest absolute Gasteiger partial charge is 0.232 e. The van der Waals surface area contributed by atoms with E-state index in [1.807, 2.05) is 0 Å². The third-order valence-electron chi connectivity index (χ3n) is 1.63. The molecule has 0 saturated carbocycles. The molecule has 0 aromatic rings. The number of thiol groups is 2. The van der Waals surface area contributed by atoms with Gasteiger partial charge in [-0.25, -0.2) is 8.61 Å². The number of carbonyl (C=O) groups excluding carboxylic acids is 2. The minimum absolute atomic E-state index is 0.167. The number of amides is 2. The van der Waals surface area contributed by atoms with Gasteiger partial charge < -0.3 is 5.73 Å². The van der Waals surface area contributed by atoms with Gasteiger partial charge in [-0.2, -0.15) is 0 Å². The Balaban J connectivity index is 4.96. The van der Waals surface area contributed by atoms with Crippen LogP contribution in [0, 0.1) is 0 Å². The second-order valence-corrected chi connectivity index (χ2v) is 3.54. The van der Waals surface area contributed by atoms with Gasteiger partial charge in [-0.15, -0.1) is 0 Å². The van der Waals surface area contributed by atoms with Crippen molar-refractivity contribution in [1.29, 1.82) is 0 Å². The summed E-state index contributed by atoms with van der Waals surface area (Å²) < 4.78 is 1.72. The van der Waals surface area contributed by atoms with E-state index in [4.69, 9.17) is 11.5 Å². The van der Waals surface area contributed by atoms with Gasteiger partial charge in [-0.1, -0.05) is 25.6 Å². The van der Waals surface area contributed by atoms with E-state index in [1.165, 1.54) is 13.8 Å². The molecule has 2 amide bonds. The maximum Gasteiger partial charge on any atom is 0.232 e. The van der Waals surface area contributed by atoms with E-state index in [0.29, 0.717) is 0 Å². The van der Waals surface area contributed by atoms with Crippen molar-refractivity contribution in [2.24, 2.45) is 11.5 Å². The molecule has 6 nitrogen and oxygen atoms in total. The second kappa shape index (κ2) is 4.87. The van der Waals surface area contributed by atoms with Crippen LogP contribution in [-0.4, -0.2) is 32.8 Å². The first kappa shape index (κ1) is 13.6. The van der Waals surface area contributed by atoms with Crippen LogP contribution in [0.2, 0.25) is 0 Å². The highest BCUT2D eigenvalue weighted by Crippen LogP contribution is 2.18. The zero-order valence-corrected chi connectivity index (χ0v) is 9.76. The van der Waals surface area contributed by atoms with Crippen molar-refractivity contribution in [1.82, 2.24) is 8.61 Å². The lowest BCUT2D eigenvalue weighted by Gasteiger charge is -2.40. The summed E-state index contributed by atoms with van der Waals surface area (Å²) in [6, 6.07) is 0. The Bertz CT molecular complexity index is 228. The van der Waals surface area contributed by atoms with Crippen LogP contribution in [0.15, 0.2) is 0 Å². The minimum Gasteiger partial charge on any atom is -0.325 e. The molecule has 0 aromatic heterocycles. The molecule has 0 rings (SSSR count). The molecule has 0 aliphatic rings. The lowest BCUT2D eigenvalue weighted by Crippen LogP contribution is -2.67. The Morgan fingerprint density at radius 1 is 1.21 bits per heavy atom. The zero-order valence-electron chi connectivity index (χ0n) is 7.97. The molecule has 0 unspecified atom stereocenters. The van der Waals surface area contributed by atoms with E-state index < -0.39 is 17.6 Å². The molecule has 0 radical (unpaired) electrons. The molecule has 0 fully saturated rings. The monoisotopic (exact) mass is 238 g/mol. The van der Waals surface area contributed by atoms with Crippen LogP contribution in [0.4, 0.5) is 0 Å². The van der Waals surface area contributed by atoms with Gasteiger partial charge in [0.15, 0.2) is 0 Å². The Morgan fingerprint density at radius 3 is 1.64 bits per heavy atom. The molecule has 0 spiro atoms. The fourth-order valence-corrected chi connectivity index (χ4v) is 1.22. The van der Waals surface area contributed by atoms with Gasteiger partial charge in [0.1, 0.15) is 0 Å². The Kier molecular flexibility index (Phi) is 4.72. The second-order valence-electron chi connectivity index (χ2n) is 2.74. The third kappa shape index (κ3) is 2.53. The number of nitrogens with two attached hydrogens (primary N) is 2. The fraction of sp³-hybridized carbons (Fsp3) is 0.667. The summed E-state index contributed by atoms with van der Waals surface area (Å²) in [5.74, 6) is -2.38. The van der Waals surface area contributed by atoms with Gasteiger partial charge >= 0.3 is 0 Å². The summed E-state index contributed by atoms with van der Waals surface area (Å²) in [6.07, 6.45) is 0. The Morgan fingerprint density at radius 2 is 1.50 bits per heavy atom. The van der Waals surface area contributed by atoms with Gasteiger partial charge in [0, 0.05) is 13.8 Å². The van der Waals surface area contributed by atoms with Gasteiger partial charge in [0.25, 0.3) is 0 Å². The number of nitrogens with zero attached hydrogens (tertiary/aromatic N) is 2. The Hall–Kier alpha value is -0.440. The van der Waals surface area contributed by atoms with Crippen molar-refractivity contribution in [3.8, 4) is 0 Å². The van der Waals surface area contributed by atoms with Crippen LogP contribution >= 0.6 is 25.6 Å². The first-order chi connectivity index (χ1) is 6.27. The Labute approximate surface area is 93.7 Å². The first-order valence-corrected chi connectivity index (χ1v) is 4.55. The molecule has 0 atom stereocenters. The SMILES string of the molecule is CC(=O)N(S)C(N)(CN)N(S)C(C)=O. The number of carbonyl (C=O) groups is 2. The standard InChI is InChI=1S/C6H14N4O2S2/c1-4(11)9(13)6(8,3-7)10(14)5(2)12/h13-14H,3,7-8H2,1-2H3. The van der Waals surface area contributed by atoms with E-state index >= 15 is 0 Å². The molecule has 0 bridgehead atoms. The normalized spacial score (nSPS) is 11.0. The molecular weight excluding hydrogens is 224 g/mol. The lowest BCUT2D eigenvalue weighted by atomic mass is 10.3. The van der Waals surface area contributed by atoms with Gasteiger partial charge in [-0.05, 0) is 0 Å². The molecule has 82 valence electrons. The summed E-state index contributed by atoms with van der Waals surface area (Å²) in [6.45, 7) is 2.34. The molecule has 0 heterocycles. The summed E-state index contributed by atoms with van der Waals surface area (Å²) in [5.41, 5.74) is 11.1. The van der Waals surface area contributed by atoms with Gasteiger partial charge in [0.2, 0.25) is 17.6 Å². The molecule has 0 aliphatic carbocycles. The predicted octanol–water partition coefficient (Wildman–Crippen LogP) is -1.06. The average molecular weight is 238 g/mol. The molecule has 8 heteroatoms. The van der Waals surface area contributed by atoms with Crippen molar-refractivity contribution < 1.29 is 9.59 Å². The van der Waals surface area contributed by atoms with Crippen LogP contribution in [0.3, 0.4) is 0 Å². The topological polar surface area (TPSA) is 92.7 Å². The van der Waals surface area contributed by atoms with E-state index in [2.05, 4.69) is 25.6 Å². The van der Waals surface area contributed by atoms with Crippen molar-refractivity contribution in [3.63, 3.8) is 0 Å². The first-order valence-electron chi connectivity index (χ1n) is 3.75. The third-order valence-corrected chi connectivity index (χ3v) is 2.89. The highest BCUT2D eigenvalue weighted by Gasteiger charge is 2.38. The van der Waals surface area contributed by atoms with Crippen LogP contribution in [0.5, 0.6) is 0 Å². The predicted molar refractivity (Wildman–Crippen MR) is 59.0 cm³/mol. The maximum absolute atomic E-state index is 11.0. The summed E-state index contributed by atoms with van der Waals surface area (Å²) in [7, 11) is 0. The number of rotatable bonds is 3. The highest BCUT2D eigenvalue weighted by molar-refractivity contribution is 7.79. The van der Waals surface area contributed by atoms with Crippen molar-refractivity contribution in [2.45, 2.75) is 19.6 Å². The van der Waals surface area contributed by atoms with E-state index in [0.717, 1.165) is 8.61 Å². The lowest BCUT2D eigenvalue weighted by molar-refractivity contribution is -0.137. The molecule has 0 saturated heterocycles. The van der Waals surface area contributed by atoms with Crippen LogP contribution in [0.25, 0.3) is 0 Å². The van der Waals surface area contributed by atoms with Crippen molar-refractivity contribution in [2.75, 3.05) is 6.54 Å². The highest BCUT2D eigenvalue weighted by atomic mass is 32.1. The average Bonchev–Trinajstić information content (AvgIpc) is 2.13. The molecule has 4 N–H and O–H groups in total. The molecule has 0 aromatic carbocycles. The zero-order chi connectivity index (χ0) is 11.5. The molecular formula is C6H14N4O2S2. The van der Waals surface area contributed by atoms with Crippen LogP contribution < -0.4 is 11.5 Å². The van der Waals surface area contributed by atoms with Gasteiger partial charge in [0.05, 0.1) is 6.54 Å². The summed E-state index contributed by atoms with van der Waals surface area (Å²) >= 11 is 7.71. The molecule has 14 heavy (non-hydrogen) atoms. The number of hydrogen-bond donors (Lipinski definition) is 4. The van der Waals surface area contributed by atoms with E-state index in [9.17, 15) is 9.59 Å². The fourth-order valence-electron chi connectivity index (χ4n) is 0.808. The van der Waals surface area contributed by atoms with Crippen molar-refractivity contribution in [3.05, 3.63) is 0 Å². The summed E-state index contributed by atoms with van der Waals surface area (Å²) in [5, 5.41) is 0. The minimum atomic E-state index is -1.52. The van der Waals surface area contributed by atoms with Crippen molar-refractivity contribution >= 4 is 37.4 Å². The number of hydrogen-bond acceptors (Lipinski definition) is 6. The van der Waals surface area contributed by atoms with Crippen LogP contribution in [0.1, 0.15) is 13.8 Å². The van der Waals surface area contributed by atoms with Gasteiger partial charge in [-0.3, -0.25) is 15.3 Å². The summed E-state index contributed by atoms with van der Waals surface area (Å²) in [4.78, 5) is 22.0. The van der Waals surface area contributed by atoms with E-state index in [-0.39, 0.29) is 6.54 Å². The maximum atomic E-state index is 11.0. The van der Waals surface area contributed by atoms with Crippen LogP contribution in [-0.2, 0) is 9.59 Å². The quantitative estimate of drug-likeness (QED) is 0.373. The molecule has 0 aliphatic heterocycles. The van der Waals surface area contributed by atoms with E-state index in [1.54, 1.807) is 0 Å². The largest absolute Gasteiger partial charge is 0.325 e.